The summed E-state index contributed by atoms with van der Waals surface area (Å²) < 4.78 is 2.04. The van der Waals surface area contributed by atoms with Crippen LogP contribution < -0.4 is 5.73 Å². The van der Waals surface area contributed by atoms with Crippen LogP contribution >= 0.6 is 12.4 Å². The SMILES string of the molecule is CCCn1cc(CN2CCC(N)C(C)C2)cn1.Cl. The third-order valence-corrected chi connectivity index (χ3v) is 3.60. The van der Waals surface area contributed by atoms with Crippen molar-refractivity contribution < 1.29 is 0 Å². The lowest BCUT2D eigenvalue weighted by Gasteiger charge is -2.34. The second-order valence-electron chi connectivity index (χ2n) is 5.28. The number of halogens is 1. The van der Waals surface area contributed by atoms with E-state index in [0.717, 1.165) is 39.0 Å². The molecule has 1 saturated heterocycles. The molecule has 0 spiro atoms. The van der Waals surface area contributed by atoms with E-state index in [1.54, 1.807) is 0 Å². The number of aryl methyl sites for hydroxylation is 1. The van der Waals surface area contributed by atoms with Gasteiger partial charge in [0.1, 0.15) is 0 Å². The van der Waals surface area contributed by atoms with Crippen molar-refractivity contribution in [1.29, 1.82) is 0 Å². The van der Waals surface area contributed by atoms with Gasteiger partial charge in [0, 0.05) is 37.4 Å². The molecule has 18 heavy (non-hydrogen) atoms. The molecule has 0 bridgehead atoms. The van der Waals surface area contributed by atoms with Crippen LogP contribution in [0, 0.1) is 5.92 Å². The Morgan fingerprint density at radius 2 is 2.28 bits per heavy atom. The van der Waals surface area contributed by atoms with Crippen LogP contribution in [0.2, 0.25) is 0 Å². The van der Waals surface area contributed by atoms with Crippen LogP contribution in [-0.2, 0) is 13.1 Å². The fourth-order valence-electron chi connectivity index (χ4n) is 2.49. The van der Waals surface area contributed by atoms with Gasteiger partial charge in [0.05, 0.1) is 6.20 Å². The molecule has 0 amide bonds. The van der Waals surface area contributed by atoms with Gasteiger partial charge in [-0.1, -0.05) is 13.8 Å². The molecule has 0 aromatic carbocycles. The van der Waals surface area contributed by atoms with Crippen LogP contribution in [0.25, 0.3) is 0 Å². The van der Waals surface area contributed by atoms with E-state index in [1.807, 2.05) is 10.9 Å². The molecule has 1 aliphatic heterocycles. The van der Waals surface area contributed by atoms with E-state index in [9.17, 15) is 0 Å². The van der Waals surface area contributed by atoms with Gasteiger partial charge in [0.2, 0.25) is 0 Å². The Hall–Kier alpha value is -0.580. The van der Waals surface area contributed by atoms with E-state index >= 15 is 0 Å². The zero-order valence-corrected chi connectivity index (χ0v) is 12.2. The highest BCUT2D eigenvalue weighted by atomic mass is 35.5. The molecule has 2 N–H and O–H groups in total. The second-order valence-corrected chi connectivity index (χ2v) is 5.28. The molecular weight excluding hydrogens is 248 g/mol. The first kappa shape index (κ1) is 15.5. The van der Waals surface area contributed by atoms with Crippen LogP contribution in [0.1, 0.15) is 32.3 Å². The first-order valence-electron chi connectivity index (χ1n) is 6.68. The smallest absolute Gasteiger partial charge is 0.0534 e. The Balaban J connectivity index is 0.00000162. The maximum atomic E-state index is 6.03. The van der Waals surface area contributed by atoms with Gasteiger partial charge in [-0.3, -0.25) is 9.58 Å². The number of rotatable bonds is 4. The number of nitrogens with two attached hydrogens (primary N) is 1. The molecule has 2 unspecified atom stereocenters. The maximum absolute atomic E-state index is 6.03. The predicted molar refractivity (Wildman–Crippen MR) is 76.8 cm³/mol. The van der Waals surface area contributed by atoms with Gasteiger partial charge in [-0.25, -0.2) is 0 Å². The highest BCUT2D eigenvalue weighted by molar-refractivity contribution is 5.85. The molecule has 1 aromatic rings. The minimum atomic E-state index is 0. The van der Waals surface area contributed by atoms with Crippen molar-refractivity contribution >= 4 is 12.4 Å². The summed E-state index contributed by atoms with van der Waals surface area (Å²) >= 11 is 0. The Morgan fingerprint density at radius 3 is 2.94 bits per heavy atom. The molecule has 2 heterocycles. The second kappa shape index (κ2) is 7.12. The van der Waals surface area contributed by atoms with Crippen molar-refractivity contribution in [1.82, 2.24) is 14.7 Å². The molecule has 0 aliphatic carbocycles. The topological polar surface area (TPSA) is 47.1 Å². The number of nitrogens with zero attached hydrogens (tertiary/aromatic N) is 3. The lowest BCUT2D eigenvalue weighted by atomic mass is 9.95. The minimum absolute atomic E-state index is 0. The highest BCUT2D eigenvalue weighted by Gasteiger charge is 2.23. The van der Waals surface area contributed by atoms with Crippen molar-refractivity contribution in [3.8, 4) is 0 Å². The summed E-state index contributed by atoms with van der Waals surface area (Å²) in [4.78, 5) is 2.49. The summed E-state index contributed by atoms with van der Waals surface area (Å²) in [6, 6.07) is 0.383. The maximum Gasteiger partial charge on any atom is 0.0534 e. The monoisotopic (exact) mass is 272 g/mol. The molecule has 1 fully saturated rings. The Bertz CT molecular complexity index is 353. The summed E-state index contributed by atoms with van der Waals surface area (Å²) in [5, 5.41) is 4.37. The van der Waals surface area contributed by atoms with Gasteiger partial charge in [-0.05, 0) is 25.3 Å². The molecule has 4 nitrogen and oxygen atoms in total. The molecule has 0 radical (unpaired) electrons. The molecule has 2 rings (SSSR count). The minimum Gasteiger partial charge on any atom is -0.327 e. The highest BCUT2D eigenvalue weighted by Crippen LogP contribution is 2.17. The Morgan fingerprint density at radius 1 is 1.50 bits per heavy atom. The number of piperidine rings is 1. The zero-order chi connectivity index (χ0) is 12.3. The first-order chi connectivity index (χ1) is 8.19. The lowest BCUT2D eigenvalue weighted by Crippen LogP contribution is -2.45. The summed E-state index contributed by atoms with van der Waals surface area (Å²) in [5.74, 6) is 0.606. The van der Waals surface area contributed by atoms with Crippen LogP contribution in [0.15, 0.2) is 12.4 Å². The average molecular weight is 273 g/mol. The zero-order valence-electron chi connectivity index (χ0n) is 11.4. The summed E-state index contributed by atoms with van der Waals surface area (Å²) in [6.45, 7) is 8.68. The molecule has 1 aliphatic rings. The van der Waals surface area contributed by atoms with Crippen molar-refractivity contribution in [3.05, 3.63) is 18.0 Å². The number of hydrogen-bond acceptors (Lipinski definition) is 3. The van der Waals surface area contributed by atoms with Crippen LogP contribution in [-0.4, -0.2) is 33.8 Å². The third kappa shape index (κ3) is 3.97. The summed E-state index contributed by atoms with van der Waals surface area (Å²) in [6.07, 6.45) is 6.42. The third-order valence-electron chi connectivity index (χ3n) is 3.60. The van der Waals surface area contributed by atoms with Gasteiger partial charge >= 0.3 is 0 Å². The van der Waals surface area contributed by atoms with Gasteiger partial charge in [-0.15, -0.1) is 12.4 Å². The van der Waals surface area contributed by atoms with E-state index in [1.165, 1.54) is 5.56 Å². The van der Waals surface area contributed by atoms with Gasteiger partial charge in [-0.2, -0.15) is 5.10 Å². The Kier molecular flexibility index (Phi) is 6.12. The van der Waals surface area contributed by atoms with Crippen LogP contribution in [0.4, 0.5) is 0 Å². The van der Waals surface area contributed by atoms with Gasteiger partial charge in [0.25, 0.3) is 0 Å². The first-order valence-corrected chi connectivity index (χ1v) is 6.68. The Labute approximate surface area is 116 Å². The van der Waals surface area contributed by atoms with E-state index in [0.29, 0.717) is 12.0 Å². The molecule has 2 atom stereocenters. The molecule has 104 valence electrons. The summed E-state index contributed by atoms with van der Waals surface area (Å²) in [5.41, 5.74) is 7.35. The lowest BCUT2D eigenvalue weighted by molar-refractivity contribution is 0.158. The van der Waals surface area contributed by atoms with Crippen LogP contribution in [0.5, 0.6) is 0 Å². The molecular formula is C13H25ClN4. The predicted octanol–water partition coefficient (Wildman–Crippen LogP) is 1.88. The number of aromatic nitrogens is 2. The van der Waals surface area contributed by atoms with Gasteiger partial charge in [0.15, 0.2) is 0 Å². The average Bonchev–Trinajstić information content (AvgIpc) is 2.72. The van der Waals surface area contributed by atoms with Crippen molar-refractivity contribution in [2.24, 2.45) is 11.7 Å². The normalized spacial score (nSPS) is 24.8. The molecule has 0 saturated carbocycles. The van der Waals surface area contributed by atoms with Crippen LogP contribution in [0.3, 0.4) is 0 Å². The van der Waals surface area contributed by atoms with E-state index in [4.69, 9.17) is 5.73 Å². The standard InChI is InChI=1S/C13H24N4.ClH/c1-3-5-17-10-12(7-15-17)9-16-6-4-13(14)11(2)8-16;/h7,10-11,13H,3-6,8-9,14H2,1-2H3;1H. The molecule has 5 heteroatoms. The van der Waals surface area contributed by atoms with E-state index in [2.05, 4.69) is 30.0 Å². The largest absolute Gasteiger partial charge is 0.327 e. The fourth-order valence-corrected chi connectivity index (χ4v) is 2.49. The quantitative estimate of drug-likeness (QED) is 0.911. The van der Waals surface area contributed by atoms with E-state index in [-0.39, 0.29) is 12.4 Å². The molecule has 1 aromatic heterocycles. The number of likely N-dealkylation sites (tertiary alicyclic amines) is 1. The van der Waals surface area contributed by atoms with Crippen molar-refractivity contribution in [2.45, 2.75) is 45.8 Å². The fraction of sp³-hybridized carbons (Fsp3) is 0.769. The number of hydrogen-bond donors (Lipinski definition) is 1. The van der Waals surface area contributed by atoms with Crippen molar-refractivity contribution in [2.75, 3.05) is 13.1 Å². The van der Waals surface area contributed by atoms with Crippen molar-refractivity contribution in [3.63, 3.8) is 0 Å². The summed E-state index contributed by atoms with van der Waals surface area (Å²) in [7, 11) is 0. The van der Waals surface area contributed by atoms with Gasteiger partial charge < -0.3 is 5.73 Å². The van der Waals surface area contributed by atoms with E-state index < -0.39 is 0 Å².